The van der Waals surface area contributed by atoms with Crippen LogP contribution in [-0.2, 0) is 17.8 Å². The van der Waals surface area contributed by atoms with Gasteiger partial charge in [-0.1, -0.05) is 47.6 Å². The SMILES string of the molecule is CC(C)(C)[S@@+]([O-])N[C@@H]1c2ccccc2CC12CN(c1cnc3nc(Sc4ccnc(N)c4Cl)ccc3n1)C2. The summed E-state index contributed by atoms with van der Waals surface area (Å²) in [7, 11) is 0. The molecule has 1 saturated heterocycles. The van der Waals surface area contributed by atoms with Gasteiger partial charge in [-0.15, -0.1) is 4.72 Å². The van der Waals surface area contributed by atoms with Crippen molar-refractivity contribution in [1.29, 1.82) is 0 Å². The van der Waals surface area contributed by atoms with Crippen LogP contribution in [0.4, 0.5) is 11.6 Å². The van der Waals surface area contributed by atoms with Crippen molar-refractivity contribution in [1.82, 2.24) is 24.7 Å². The average Bonchev–Trinajstić information content (AvgIpc) is 3.19. The van der Waals surface area contributed by atoms with Gasteiger partial charge in [0, 0.05) is 41.0 Å². The highest BCUT2D eigenvalue weighted by Gasteiger charge is 2.56. The van der Waals surface area contributed by atoms with Crippen LogP contribution in [0.2, 0.25) is 5.02 Å². The van der Waals surface area contributed by atoms with Crippen LogP contribution in [0.3, 0.4) is 0 Å². The van der Waals surface area contributed by atoms with E-state index in [1.165, 1.54) is 22.9 Å². The molecule has 0 unspecified atom stereocenters. The van der Waals surface area contributed by atoms with Gasteiger partial charge in [-0.2, -0.15) is 0 Å². The number of nitrogen functional groups attached to an aromatic ring is 1. The maximum atomic E-state index is 13.1. The van der Waals surface area contributed by atoms with Gasteiger partial charge in [0.25, 0.3) is 0 Å². The fourth-order valence-electron chi connectivity index (χ4n) is 5.15. The summed E-state index contributed by atoms with van der Waals surface area (Å²) in [5, 5.41) is 1.17. The van der Waals surface area contributed by atoms with Gasteiger partial charge in [-0.25, -0.2) is 19.9 Å². The fourth-order valence-corrected chi connectivity index (χ4v) is 7.14. The number of halogens is 1. The van der Waals surface area contributed by atoms with Gasteiger partial charge in [0.15, 0.2) is 5.65 Å². The van der Waals surface area contributed by atoms with E-state index in [-0.39, 0.29) is 16.2 Å². The molecule has 2 atom stereocenters. The van der Waals surface area contributed by atoms with Gasteiger partial charge >= 0.3 is 0 Å². The number of hydrogen-bond donors (Lipinski definition) is 2. The summed E-state index contributed by atoms with van der Waals surface area (Å²) in [6, 6.07) is 14.2. The van der Waals surface area contributed by atoms with Crippen molar-refractivity contribution in [2.75, 3.05) is 23.7 Å². The van der Waals surface area contributed by atoms with E-state index in [9.17, 15) is 4.55 Å². The molecule has 11 heteroatoms. The molecule has 0 amide bonds. The van der Waals surface area contributed by atoms with Crippen molar-refractivity contribution in [3.63, 3.8) is 0 Å². The minimum absolute atomic E-state index is 0.0266. The number of anilines is 2. The van der Waals surface area contributed by atoms with Crippen LogP contribution in [-0.4, -0.2) is 42.3 Å². The Morgan fingerprint density at radius 1 is 1.13 bits per heavy atom. The van der Waals surface area contributed by atoms with Gasteiger partial charge in [-0.05, 0) is 56.5 Å². The molecule has 6 rings (SSSR count). The fraction of sp³-hybridized carbons (Fsp3) is 0.333. The highest BCUT2D eigenvalue weighted by atomic mass is 35.5. The Bertz CT molecular complexity index is 1520. The molecular formula is C27H28ClN7OS2. The lowest BCUT2D eigenvalue weighted by Gasteiger charge is -2.52. The third kappa shape index (κ3) is 4.58. The minimum atomic E-state index is -1.17. The number of benzene rings is 1. The van der Waals surface area contributed by atoms with Crippen LogP contribution in [0.5, 0.6) is 0 Å². The molecule has 2 aliphatic rings. The molecule has 3 aromatic heterocycles. The zero-order chi connectivity index (χ0) is 26.7. The third-order valence-corrected chi connectivity index (χ3v) is 10.2. The Hall–Kier alpha value is -2.63. The van der Waals surface area contributed by atoms with E-state index in [1.807, 2.05) is 39.0 Å². The van der Waals surface area contributed by atoms with Crippen LogP contribution in [0, 0.1) is 5.41 Å². The lowest BCUT2D eigenvalue weighted by molar-refractivity contribution is 0.170. The summed E-state index contributed by atoms with van der Waals surface area (Å²) in [5.41, 5.74) is 9.66. The highest BCUT2D eigenvalue weighted by molar-refractivity contribution is 7.99. The van der Waals surface area contributed by atoms with E-state index in [2.05, 4.69) is 48.8 Å². The Morgan fingerprint density at radius 2 is 1.92 bits per heavy atom. The third-order valence-electron chi connectivity index (χ3n) is 7.10. The van der Waals surface area contributed by atoms with Crippen LogP contribution in [0.15, 0.2) is 64.8 Å². The van der Waals surface area contributed by atoms with Crippen LogP contribution in [0.1, 0.15) is 37.9 Å². The van der Waals surface area contributed by atoms with Crippen LogP contribution < -0.4 is 15.4 Å². The molecule has 3 N–H and O–H groups in total. The molecule has 1 aliphatic heterocycles. The summed E-state index contributed by atoms with van der Waals surface area (Å²) < 4.78 is 16.2. The molecule has 8 nitrogen and oxygen atoms in total. The highest BCUT2D eigenvalue weighted by Crippen LogP contribution is 2.52. The normalized spacial score (nSPS) is 19.0. The molecule has 1 fully saturated rings. The van der Waals surface area contributed by atoms with E-state index < -0.39 is 11.4 Å². The average molecular weight is 566 g/mol. The van der Waals surface area contributed by atoms with E-state index in [0.29, 0.717) is 16.5 Å². The van der Waals surface area contributed by atoms with E-state index in [4.69, 9.17) is 22.3 Å². The van der Waals surface area contributed by atoms with Gasteiger partial charge in [0.1, 0.15) is 26.9 Å². The minimum Gasteiger partial charge on any atom is -0.598 e. The second-order valence-corrected chi connectivity index (χ2v) is 14.3. The van der Waals surface area contributed by atoms with E-state index in [1.54, 1.807) is 12.4 Å². The number of nitrogens with two attached hydrogens (primary N) is 1. The first kappa shape index (κ1) is 25.6. The number of pyridine rings is 2. The van der Waals surface area contributed by atoms with Crippen molar-refractivity contribution >= 4 is 57.5 Å². The zero-order valence-electron chi connectivity index (χ0n) is 21.3. The molecule has 196 valence electrons. The topological polar surface area (TPSA) is 116 Å². The maximum Gasteiger partial charge on any atom is 0.179 e. The molecule has 0 saturated carbocycles. The quantitative estimate of drug-likeness (QED) is 0.324. The molecule has 0 radical (unpaired) electrons. The second kappa shape index (κ2) is 9.53. The Labute approximate surface area is 234 Å². The summed E-state index contributed by atoms with van der Waals surface area (Å²) in [6.07, 6.45) is 4.36. The largest absolute Gasteiger partial charge is 0.598 e. The number of rotatable bonds is 5. The van der Waals surface area contributed by atoms with Gasteiger partial charge in [0.05, 0.1) is 17.3 Å². The Balaban J connectivity index is 1.21. The summed E-state index contributed by atoms with van der Waals surface area (Å²) in [4.78, 5) is 21.2. The van der Waals surface area contributed by atoms with E-state index >= 15 is 0 Å². The summed E-state index contributed by atoms with van der Waals surface area (Å²) in [5.74, 6) is 1.11. The molecule has 0 bridgehead atoms. The first-order valence-corrected chi connectivity index (χ1v) is 14.7. The molecule has 4 heterocycles. The Kier molecular flexibility index (Phi) is 6.43. The lowest BCUT2D eigenvalue weighted by Crippen LogP contribution is -2.62. The number of hydrogen-bond acceptors (Lipinski definition) is 9. The monoisotopic (exact) mass is 565 g/mol. The van der Waals surface area contributed by atoms with Crippen LogP contribution >= 0.6 is 23.4 Å². The molecule has 1 aliphatic carbocycles. The maximum absolute atomic E-state index is 13.1. The van der Waals surface area contributed by atoms with E-state index in [0.717, 1.165) is 40.8 Å². The zero-order valence-corrected chi connectivity index (χ0v) is 23.7. The molecule has 38 heavy (non-hydrogen) atoms. The van der Waals surface area contributed by atoms with Crippen molar-refractivity contribution in [2.45, 2.75) is 47.9 Å². The van der Waals surface area contributed by atoms with Crippen molar-refractivity contribution in [3.8, 4) is 0 Å². The number of fused-ring (bicyclic) bond motifs is 2. The smallest absolute Gasteiger partial charge is 0.179 e. The molecule has 4 aromatic rings. The predicted octanol–water partition coefficient (Wildman–Crippen LogP) is 4.96. The number of aromatic nitrogens is 4. The summed E-state index contributed by atoms with van der Waals surface area (Å²) in [6.45, 7) is 7.62. The molecule has 1 aromatic carbocycles. The number of nitrogens with one attached hydrogen (secondary N) is 1. The standard InChI is InChI=1S/C27H28ClN7OS2/c1-26(2,3)38(36)34-23-17-7-5-4-6-16(17)12-27(23)14-35(15-27)20-13-31-25-18(32-20)8-9-21(33-25)37-19-10-11-30-24(29)22(19)28/h4-11,13,23,34H,12,14-15H2,1-3H3,(H2,29,30)/t23-,38-/m1/s1. The van der Waals surface area contributed by atoms with Crippen molar-refractivity contribution < 1.29 is 4.55 Å². The molecular weight excluding hydrogens is 538 g/mol. The molecule has 1 spiro atoms. The number of nitrogens with zero attached hydrogens (tertiary/aromatic N) is 5. The van der Waals surface area contributed by atoms with Crippen molar-refractivity contribution in [2.24, 2.45) is 5.41 Å². The van der Waals surface area contributed by atoms with Gasteiger partial charge < -0.3 is 15.2 Å². The van der Waals surface area contributed by atoms with Crippen LogP contribution in [0.25, 0.3) is 11.2 Å². The Morgan fingerprint density at radius 3 is 2.71 bits per heavy atom. The van der Waals surface area contributed by atoms with Gasteiger partial charge in [0.2, 0.25) is 0 Å². The van der Waals surface area contributed by atoms with Gasteiger partial charge in [-0.3, -0.25) is 0 Å². The predicted molar refractivity (Wildman–Crippen MR) is 154 cm³/mol. The lowest BCUT2D eigenvalue weighted by atomic mass is 9.74. The first-order valence-electron chi connectivity index (χ1n) is 12.4. The van der Waals surface area contributed by atoms with Crippen molar-refractivity contribution in [3.05, 3.63) is 71.0 Å². The first-order chi connectivity index (χ1) is 18.1. The summed E-state index contributed by atoms with van der Waals surface area (Å²) >= 11 is 6.53. The second-order valence-electron chi connectivity index (χ2n) is 10.9.